The molecule has 1 unspecified atom stereocenters. The SMILES string of the molecule is CCC(CBr)(CCC(C)(C)OC)c1ccccc1. The molecule has 102 valence electrons. The summed E-state index contributed by atoms with van der Waals surface area (Å²) in [6.45, 7) is 6.59. The van der Waals surface area contributed by atoms with Gasteiger partial charge in [-0.3, -0.25) is 0 Å². The van der Waals surface area contributed by atoms with Crippen LogP contribution in [0.4, 0.5) is 0 Å². The van der Waals surface area contributed by atoms with Crippen LogP contribution in [0.15, 0.2) is 30.3 Å². The third kappa shape index (κ3) is 3.83. The van der Waals surface area contributed by atoms with Gasteiger partial charge in [0.2, 0.25) is 0 Å². The Morgan fingerprint density at radius 3 is 2.17 bits per heavy atom. The lowest BCUT2D eigenvalue weighted by Crippen LogP contribution is -2.32. The van der Waals surface area contributed by atoms with Gasteiger partial charge in [-0.1, -0.05) is 53.2 Å². The van der Waals surface area contributed by atoms with Crippen LogP contribution in [0.5, 0.6) is 0 Å². The molecule has 0 amide bonds. The van der Waals surface area contributed by atoms with Crippen molar-refractivity contribution >= 4 is 15.9 Å². The molecule has 0 aliphatic carbocycles. The van der Waals surface area contributed by atoms with Gasteiger partial charge in [0.1, 0.15) is 0 Å². The second-order valence-electron chi connectivity index (χ2n) is 5.60. The minimum Gasteiger partial charge on any atom is -0.379 e. The molecule has 1 rings (SSSR count). The highest BCUT2D eigenvalue weighted by atomic mass is 79.9. The van der Waals surface area contributed by atoms with Gasteiger partial charge >= 0.3 is 0 Å². The van der Waals surface area contributed by atoms with Crippen LogP contribution in [-0.4, -0.2) is 18.0 Å². The van der Waals surface area contributed by atoms with Crippen LogP contribution in [0.2, 0.25) is 0 Å². The molecule has 1 aromatic rings. The third-order valence-electron chi connectivity index (χ3n) is 4.08. The fourth-order valence-corrected chi connectivity index (χ4v) is 3.20. The summed E-state index contributed by atoms with van der Waals surface area (Å²) in [6, 6.07) is 10.8. The Labute approximate surface area is 120 Å². The quantitative estimate of drug-likeness (QED) is 0.648. The highest BCUT2D eigenvalue weighted by Crippen LogP contribution is 2.37. The van der Waals surface area contributed by atoms with E-state index in [1.807, 2.05) is 0 Å². The van der Waals surface area contributed by atoms with Gasteiger partial charge in [0.05, 0.1) is 5.60 Å². The Morgan fingerprint density at radius 1 is 1.11 bits per heavy atom. The third-order valence-corrected chi connectivity index (χ3v) is 5.15. The maximum absolute atomic E-state index is 5.54. The molecule has 1 aromatic carbocycles. The van der Waals surface area contributed by atoms with E-state index in [-0.39, 0.29) is 11.0 Å². The summed E-state index contributed by atoms with van der Waals surface area (Å²) in [5.41, 5.74) is 1.60. The highest BCUT2D eigenvalue weighted by Gasteiger charge is 2.31. The van der Waals surface area contributed by atoms with Crippen LogP contribution in [0.1, 0.15) is 45.6 Å². The van der Waals surface area contributed by atoms with Crippen molar-refractivity contribution in [1.29, 1.82) is 0 Å². The second kappa shape index (κ2) is 6.72. The van der Waals surface area contributed by atoms with E-state index >= 15 is 0 Å². The predicted molar refractivity (Wildman–Crippen MR) is 82.5 cm³/mol. The standard InChI is InChI=1S/C16H25BrO/c1-5-16(13-17,12-11-15(2,3)18-4)14-9-7-6-8-10-14/h6-10H,5,11-13H2,1-4H3. The fourth-order valence-electron chi connectivity index (χ4n) is 2.20. The van der Waals surface area contributed by atoms with Gasteiger partial charge in [-0.2, -0.15) is 0 Å². The molecule has 0 radical (unpaired) electrons. The molecular weight excluding hydrogens is 288 g/mol. The molecular formula is C16H25BrO. The maximum atomic E-state index is 5.54. The number of hydrogen-bond acceptors (Lipinski definition) is 1. The van der Waals surface area contributed by atoms with Crippen molar-refractivity contribution < 1.29 is 4.74 Å². The van der Waals surface area contributed by atoms with E-state index in [1.165, 1.54) is 5.56 Å². The van der Waals surface area contributed by atoms with Gasteiger partial charge in [-0.05, 0) is 38.7 Å². The fraction of sp³-hybridized carbons (Fsp3) is 0.625. The summed E-state index contributed by atoms with van der Waals surface area (Å²) in [5, 5.41) is 1.00. The summed E-state index contributed by atoms with van der Waals surface area (Å²) in [6.07, 6.45) is 3.35. The predicted octanol–water partition coefficient (Wildman–Crippen LogP) is 4.93. The van der Waals surface area contributed by atoms with Crippen molar-refractivity contribution in [2.75, 3.05) is 12.4 Å². The van der Waals surface area contributed by atoms with Crippen LogP contribution in [0.25, 0.3) is 0 Å². The highest BCUT2D eigenvalue weighted by molar-refractivity contribution is 9.09. The first-order valence-electron chi connectivity index (χ1n) is 6.66. The Morgan fingerprint density at radius 2 is 1.72 bits per heavy atom. The van der Waals surface area contributed by atoms with Crippen molar-refractivity contribution in [1.82, 2.24) is 0 Å². The van der Waals surface area contributed by atoms with E-state index in [4.69, 9.17) is 4.74 Å². The molecule has 1 nitrogen and oxygen atoms in total. The van der Waals surface area contributed by atoms with E-state index in [2.05, 4.69) is 67.0 Å². The van der Waals surface area contributed by atoms with Crippen LogP contribution >= 0.6 is 15.9 Å². The van der Waals surface area contributed by atoms with Crippen LogP contribution < -0.4 is 0 Å². The van der Waals surface area contributed by atoms with Crippen molar-refractivity contribution in [2.24, 2.45) is 0 Å². The molecule has 0 heterocycles. The van der Waals surface area contributed by atoms with E-state index in [0.29, 0.717) is 0 Å². The summed E-state index contributed by atoms with van der Waals surface area (Å²) in [5.74, 6) is 0. The molecule has 18 heavy (non-hydrogen) atoms. The van der Waals surface area contributed by atoms with Crippen LogP contribution in [0.3, 0.4) is 0 Å². The molecule has 0 bridgehead atoms. The Hall–Kier alpha value is -0.340. The number of alkyl halides is 1. The number of ether oxygens (including phenoxy) is 1. The van der Waals surface area contributed by atoms with E-state index in [9.17, 15) is 0 Å². The van der Waals surface area contributed by atoms with Gasteiger partial charge in [-0.15, -0.1) is 0 Å². The molecule has 0 N–H and O–H groups in total. The number of hydrogen-bond donors (Lipinski definition) is 0. The molecule has 0 aromatic heterocycles. The second-order valence-corrected chi connectivity index (χ2v) is 6.16. The summed E-state index contributed by atoms with van der Waals surface area (Å²) in [4.78, 5) is 0. The van der Waals surface area contributed by atoms with E-state index in [1.54, 1.807) is 7.11 Å². The lowest BCUT2D eigenvalue weighted by Gasteiger charge is -2.35. The van der Waals surface area contributed by atoms with Crippen LogP contribution in [-0.2, 0) is 10.2 Å². The number of rotatable bonds is 7. The first kappa shape index (κ1) is 15.7. The first-order valence-corrected chi connectivity index (χ1v) is 7.78. The first-order chi connectivity index (χ1) is 8.49. The maximum Gasteiger partial charge on any atom is 0.0623 e. The normalized spacial score (nSPS) is 15.4. The zero-order valence-corrected chi connectivity index (χ0v) is 13.6. The van der Waals surface area contributed by atoms with Crippen molar-refractivity contribution in [3.63, 3.8) is 0 Å². The number of methoxy groups -OCH3 is 1. The van der Waals surface area contributed by atoms with Gasteiger partial charge < -0.3 is 4.74 Å². The molecule has 0 spiro atoms. The molecule has 2 heteroatoms. The lowest BCUT2D eigenvalue weighted by molar-refractivity contribution is 0.00921. The van der Waals surface area contributed by atoms with Crippen molar-refractivity contribution in [3.8, 4) is 0 Å². The minimum absolute atomic E-state index is 0.0443. The van der Waals surface area contributed by atoms with Gasteiger partial charge in [0.15, 0.2) is 0 Å². The van der Waals surface area contributed by atoms with Gasteiger partial charge in [-0.25, -0.2) is 0 Å². The monoisotopic (exact) mass is 312 g/mol. The van der Waals surface area contributed by atoms with Crippen molar-refractivity contribution in [3.05, 3.63) is 35.9 Å². The number of benzene rings is 1. The Kier molecular flexibility index (Phi) is 5.87. The van der Waals surface area contributed by atoms with Gasteiger partial charge in [0, 0.05) is 17.9 Å². The Bertz CT molecular complexity index is 341. The topological polar surface area (TPSA) is 9.23 Å². The largest absolute Gasteiger partial charge is 0.379 e. The van der Waals surface area contributed by atoms with E-state index in [0.717, 1.165) is 24.6 Å². The zero-order chi connectivity index (χ0) is 13.6. The molecule has 0 fully saturated rings. The smallest absolute Gasteiger partial charge is 0.0623 e. The lowest BCUT2D eigenvalue weighted by atomic mass is 9.74. The molecule has 0 aliphatic heterocycles. The average molecular weight is 313 g/mol. The summed E-state index contributed by atoms with van der Waals surface area (Å²) in [7, 11) is 1.80. The molecule has 0 aliphatic rings. The number of halogens is 1. The van der Waals surface area contributed by atoms with Gasteiger partial charge in [0.25, 0.3) is 0 Å². The minimum atomic E-state index is -0.0443. The Balaban J connectivity index is 2.88. The van der Waals surface area contributed by atoms with E-state index < -0.39 is 0 Å². The summed E-state index contributed by atoms with van der Waals surface area (Å²) >= 11 is 3.72. The summed E-state index contributed by atoms with van der Waals surface area (Å²) < 4.78 is 5.54. The van der Waals surface area contributed by atoms with Crippen molar-refractivity contribution in [2.45, 2.75) is 51.0 Å². The molecule has 0 saturated carbocycles. The molecule has 0 saturated heterocycles. The zero-order valence-electron chi connectivity index (χ0n) is 12.0. The molecule has 1 atom stereocenters. The average Bonchev–Trinajstić information content (AvgIpc) is 2.42. The van der Waals surface area contributed by atoms with Crippen LogP contribution in [0, 0.1) is 0 Å².